The summed E-state index contributed by atoms with van der Waals surface area (Å²) in [6.07, 6.45) is 9.77. The van der Waals surface area contributed by atoms with Crippen molar-refractivity contribution in [3.63, 3.8) is 0 Å². The Morgan fingerprint density at radius 2 is 0.802 bits per heavy atom. The zero-order valence-corrected chi connectivity index (χ0v) is 68.7. The maximum absolute atomic E-state index is 13.8. The number of halogens is 3. The highest BCUT2D eigenvalue weighted by Gasteiger charge is 2.47. The van der Waals surface area contributed by atoms with Crippen LogP contribution in [0.15, 0.2) is 122 Å². The van der Waals surface area contributed by atoms with E-state index < -0.39 is 46.3 Å². The van der Waals surface area contributed by atoms with Crippen LogP contribution in [-0.2, 0) is 39.6 Å². The van der Waals surface area contributed by atoms with Gasteiger partial charge in [0.05, 0.1) is 64.1 Å². The second kappa shape index (κ2) is 32.7. The number of carbonyl (C=O) groups is 9. The zero-order valence-electron chi connectivity index (χ0n) is 67.9. The van der Waals surface area contributed by atoms with Gasteiger partial charge in [0.25, 0.3) is 17.7 Å². The quantitative estimate of drug-likeness (QED) is 0.0903. The predicted molar refractivity (Wildman–Crippen MR) is 430 cm³/mol. The molecule has 0 spiro atoms. The standard InChI is InChI=1S/C30H36ClN5O4.C29H34FN5O4.C27H30FN5O4/c1-18(2)23-15-24(19-9-11-22(31)12-10-19)33-36-16-25(32-26(23)36)28(38)35-14-13-34(17-30(35,3)4)27(37)20-5-7-21(8-6-20)29(39)40;1-28(2,3)21-14-22(17-6-8-20(30)9-7-17)32-35-15-23(31-24(21)35)26(37)34-11-10-33(16-29(34,4)5)25(36)18-12-19(13-18)27(38)39;1-26(2,3)19-14-20(17-6-8-18(28)9-7-17)30-33-15-21(29-24(19)33)25(37)32-13-12-31(16-27(32,4)5)22(34)10-11-23(35)36/h9-12,15-16,18,20-21H,5-8,13-14,17H2,1-4H3,(H,39,40);6-9,14-15,18-19H,10-13,16H2,1-5H3,(H,38,39);6-11,14-15H,12-13,16H2,1-5H3,(H,35,36)/b;;11-10+. The van der Waals surface area contributed by atoms with Crippen LogP contribution in [-0.4, -0.2) is 217 Å². The molecule has 3 aliphatic heterocycles. The molecule has 5 fully saturated rings. The van der Waals surface area contributed by atoms with Crippen molar-refractivity contribution < 1.29 is 67.3 Å². The first-order valence-electron chi connectivity index (χ1n) is 39.1. The van der Waals surface area contributed by atoms with Crippen molar-refractivity contribution in [2.45, 2.75) is 169 Å². The van der Waals surface area contributed by atoms with Crippen LogP contribution in [0.25, 0.3) is 50.7 Å². The number of aliphatic carboxylic acids is 3. The summed E-state index contributed by atoms with van der Waals surface area (Å²) in [4.78, 5) is 137. The van der Waals surface area contributed by atoms with Crippen molar-refractivity contribution in [2.24, 2.45) is 23.7 Å². The molecule has 30 heteroatoms. The van der Waals surface area contributed by atoms with Gasteiger partial charge in [0.2, 0.25) is 17.7 Å². The Kier molecular flexibility index (Phi) is 23.7. The molecule has 27 nitrogen and oxygen atoms in total. The van der Waals surface area contributed by atoms with Crippen molar-refractivity contribution in [1.82, 2.24) is 73.2 Å². The molecule has 6 amide bonds. The third-order valence-corrected chi connectivity index (χ3v) is 22.9. The average molecular weight is 1610 g/mol. The number of benzene rings is 3. The van der Waals surface area contributed by atoms with Gasteiger partial charge in [0.15, 0.2) is 16.9 Å². The SMILES string of the molecule is CC(C)(C)c1cc(-c2ccc(F)cc2)nn2cc(C(=O)N3CCN(C(=O)/C=C/C(=O)O)CC3(C)C)nc12.CC(C)(C)c1cc(-c2ccc(F)cc2)nn2cc(C(=O)N3CCN(C(=O)C4CC(C(=O)O)C4)CC3(C)C)nc12.CC(C)c1cc(-c2ccc(Cl)cc2)nn2cc(C(=O)N3CCN(C(=O)C4CCC(C(=O)O)CC4)CC3(C)C)nc12. The lowest BCUT2D eigenvalue weighted by atomic mass is 9.74. The highest BCUT2D eigenvalue weighted by Crippen LogP contribution is 2.39. The van der Waals surface area contributed by atoms with Gasteiger partial charge in [-0.05, 0) is 176 Å². The number of nitrogens with zero attached hydrogens (tertiary/aromatic N) is 15. The van der Waals surface area contributed by atoms with Crippen molar-refractivity contribution in [3.05, 3.63) is 172 Å². The lowest BCUT2D eigenvalue weighted by Crippen LogP contribution is -2.63. The van der Waals surface area contributed by atoms with E-state index in [1.807, 2.05) is 110 Å². The van der Waals surface area contributed by atoms with E-state index in [4.69, 9.17) is 36.9 Å². The third kappa shape index (κ3) is 18.2. The smallest absolute Gasteiger partial charge is 0.328 e. The van der Waals surface area contributed by atoms with Gasteiger partial charge in [-0.1, -0.05) is 79.1 Å². The van der Waals surface area contributed by atoms with Gasteiger partial charge in [-0.15, -0.1) is 0 Å². The molecule has 2 saturated carbocycles. The Morgan fingerprint density at radius 3 is 1.17 bits per heavy atom. The van der Waals surface area contributed by atoms with E-state index in [9.17, 15) is 57.0 Å². The molecule has 9 aromatic rings. The van der Waals surface area contributed by atoms with Gasteiger partial charge in [0, 0.05) is 121 Å². The maximum atomic E-state index is 13.8. The van der Waals surface area contributed by atoms with E-state index in [1.54, 1.807) is 76.0 Å². The molecule has 0 unspecified atom stereocenters. The Hall–Kier alpha value is -11.4. The number of carboxylic acid groups (broad SMARTS) is 3. The maximum Gasteiger partial charge on any atom is 0.328 e. The molecular weight excluding hydrogens is 1510 g/mol. The fourth-order valence-corrected chi connectivity index (χ4v) is 16.2. The van der Waals surface area contributed by atoms with Crippen LogP contribution >= 0.6 is 11.6 Å². The summed E-state index contributed by atoms with van der Waals surface area (Å²) in [5, 5.41) is 41.9. The number of carboxylic acids is 3. The first-order chi connectivity index (χ1) is 54.4. The number of amides is 6. The molecule has 14 rings (SSSR count). The molecule has 0 radical (unpaired) electrons. The van der Waals surface area contributed by atoms with Crippen LogP contribution in [0.2, 0.25) is 5.02 Å². The number of aromatic nitrogens is 9. The Labute approximate surface area is 676 Å². The molecule has 3 aromatic carbocycles. The summed E-state index contributed by atoms with van der Waals surface area (Å²) in [5.41, 5.74) is 7.34. The first kappa shape index (κ1) is 84.0. The van der Waals surface area contributed by atoms with Crippen LogP contribution in [0.1, 0.15) is 190 Å². The van der Waals surface area contributed by atoms with Gasteiger partial charge in [-0.2, -0.15) is 15.3 Å². The third-order valence-electron chi connectivity index (χ3n) is 22.6. The molecule has 2 aliphatic carbocycles. The molecule has 0 bridgehead atoms. The fourth-order valence-electron chi connectivity index (χ4n) is 16.0. The van der Waals surface area contributed by atoms with Gasteiger partial charge in [-0.25, -0.2) is 42.1 Å². The number of piperazine rings is 3. The van der Waals surface area contributed by atoms with E-state index in [-0.39, 0.29) is 107 Å². The lowest BCUT2D eigenvalue weighted by Gasteiger charge is -2.48. The molecular formula is C86H100ClF2N15O12. The highest BCUT2D eigenvalue weighted by atomic mass is 35.5. The second-order valence-corrected chi connectivity index (χ2v) is 35.5. The minimum absolute atomic E-state index is 0.0345. The second-order valence-electron chi connectivity index (χ2n) is 35.1. The van der Waals surface area contributed by atoms with Gasteiger partial charge >= 0.3 is 17.9 Å². The van der Waals surface area contributed by atoms with E-state index >= 15 is 0 Å². The molecule has 0 atom stereocenters. The molecule has 5 aliphatic rings. The van der Waals surface area contributed by atoms with Crippen LogP contribution in [0.3, 0.4) is 0 Å². The number of hydrogen-bond donors (Lipinski definition) is 3. The number of carbonyl (C=O) groups excluding carboxylic acids is 6. The lowest BCUT2D eigenvalue weighted by molar-refractivity contribution is -0.153. The van der Waals surface area contributed by atoms with Crippen LogP contribution in [0.4, 0.5) is 8.78 Å². The average Bonchev–Trinajstić information content (AvgIpc) is 1.60. The Balaban J connectivity index is 0.000000161. The topological polar surface area (TPSA) is 324 Å². The van der Waals surface area contributed by atoms with Crippen molar-refractivity contribution in [1.29, 1.82) is 0 Å². The number of fused-ring (bicyclic) bond motifs is 3. The van der Waals surface area contributed by atoms with Crippen molar-refractivity contribution >= 4 is 81.9 Å². The highest BCUT2D eigenvalue weighted by molar-refractivity contribution is 6.30. The molecule has 9 heterocycles. The number of rotatable bonds is 13. The number of imidazole rings is 3. The minimum atomic E-state index is -1.20. The normalized spacial score (nSPS) is 19.5. The van der Waals surface area contributed by atoms with Crippen LogP contribution < -0.4 is 0 Å². The van der Waals surface area contributed by atoms with Gasteiger partial charge < -0.3 is 44.7 Å². The molecule has 6 aromatic heterocycles. The van der Waals surface area contributed by atoms with E-state index in [0.29, 0.717) is 117 Å². The number of hydrogen-bond acceptors (Lipinski definition) is 15. The van der Waals surface area contributed by atoms with Gasteiger partial charge in [-0.3, -0.25) is 38.4 Å². The fraction of sp³-hybridized carbons (Fsp3) is 0.453. The Bertz CT molecular complexity index is 5340. The summed E-state index contributed by atoms with van der Waals surface area (Å²) >= 11 is 6.07. The molecule has 612 valence electrons. The first-order valence-corrected chi connectivity index (χ1v) is 39.5. The summed E-state index contributed by atoms with van der Waals surface area (Å²) in [6, 6.07) is 25.6. The predicted octanol–water partition coefficient (Wildman–Crippen LogP) is 12.7. The van der Waals surface area contributed by atoms with Crippen molar-refractivity contribution in [2.75, 3.05) is 58.9 Å². The van der Waals surface area contributed by atoms with E-state index in [2.05, 4.69) is 49.8 Å². The largest absolute Gasteiger partial charge is 0.481 e. The minimum Gasteiger partial charge on any atom is -0.481 e. The van der Waals surface area contributed by atoms with Crippen LogP contribution in [0, 0.1) is 35.3 Å². The summed E-state index contributed by atoms with van der Waals surface area (Å²) < 4.78 is 31.9. The monoisotopic (exact) mass is 1610 g/mol. The van der Waals surface area contributed by atoms with E-state index in [0.717, 1.165) is 51.2 Å². The Morgan fingerprint density at radius 1 is 0.457 bits per heavy atom. The van der Waals surface area contributed by atoms with Crippen molar-refractivity contribution in [3.8, 4) is 33.8 Å². The molecule has 116 heavy (non-hydrogen) atoms. The summed E-state index contributed by atoms with van der Waals surface area (Å²) in [6.45, 7) is 31.1. The van der Waals surface area contributed by atoms with Crippen LogP contribution in [0.5, 0.6) is 0 Å². The molecule has 3 saturated heterocycles. The van der Waals surface area contributed by atoms with Gasteiger partial charge in [0.1, 0.15) is 28.7 Å². The summed E-state index contributed by atoms with van der Waals surface area (Å²) in [7, 11) is 0. The molecule has 3 N–H and O–H groups in total. The zero-order chi connectivity index (χ0) is 84.2. The summed E-state index contributed by atoms with van der Waals surface area (Å²) in [5.74, 6) is -5.62. The van der Waals surface area contributed by atoms with E-state index in [1.165, 1.54) is 29.2 Å².